The Morgan fingerprint density at radius 3 is 2.75 bits per heavy atom. The molecular weight excluding hydrogens is 268 g/mol. The minimum absolute atomic E-state index is 0.0218. The molecule has 0 spiro atoms. The Morgan fingerprint density at radius 1 is 1.30 bits per heavy atom. The van der Waals surface area contributed by atoms with E-state index in [9.17, 15) is 0 Å². The first kappa shape index (κ1) is 13.4. The Hall–Kier alpha value is -1.59. The molecule has 20 heavy (non-hydrogen) atoms. The standard InChI is InChI=1S/C15H20N4S/c1-11(16)15-17-12(10-20-15)9-19-8-7-18(2)13-5-3-4-6-14(13)19/h3-6,10-11H,7-9,16H2,1-2H3. The number of nitrogens with two attached hydrogens (primary N) is 1. The lowest BCUT2D eigenvalue weighted by molar-refractivity contribution is 0.720. The Bertz CT molecular complexity index is 593. The lowest BCUT2D eigenvalue weighted by Gasteiger charge is -2.36. The van der Waals surface area contributed by atoms with E-state index in [4.69, 9.17) is 5.73 Å². The Balaban J connectivity index is 1.83. The molecule has 1 aromatic heterocycles. The fourth-order valence-corrected chi connectivity index (χ4v) is 3.30. The van der Waals surface area contributed by atoms with Gasteiger partial charge >= 0.3 is 0 Å². The zero-order valence-electron chi connectivity index (χ0n) is 11.9. The van der Waals surface area contributed by atoms with Crippen LogP contribution in [0.25, 0.3) is 0 Å². The number of fused-ring (bicyclic) bond motifs is 1. The second kappa shape index (κ2) is 5.42. The molecule has 2 aromatic rings. The summed E-state index contributed by atoms with van der Waals surface area (Å²) in [6.07, 6.45) is 0. The largest absolute Gasteiger partial charge is 0.371 e. The van der Waals surface area contributed by atoms with Crippen LogP contribution in [0, 0.1) is 0 Å². The van der Waals surface area contributed by atoms with Crippen LogP contribution in [0.2, 0.25) is 0 Å². The van der Waals surface area contributed by atoms with E-state index in [2.05, 4.69) is 51.5 Å². The summed E-state index contributed by atoms with van der Waals surface area (Å²) >= 11 is 1.65. The van der Waals surface area contributed by atoms with E-state index in [1.165, 1.54) is 11.4 Å². The molecule has 1 aromatic carbocycles. The van der Waals surface area contributed by atoms with Crippen LogP contribution in [-0.2, 0) is 6.54 Å². The maximum atomic E-state index is 5.88. The average molecular weight is 288 g/mol. The molecule has 0 amide bonds. The van der Waals surface area contributed by atoms with E-state index in [1.807, 2.05) is 6.92 Å². The molecule has 1 atom stereocenters. The highest BCUT2D eigenvalue weighted by molar-refractivity contribution is 7.09. The zero-order valence-corrected chi connectivity index (χ0v) is 12.7. The number of hydrogen-bond donors (Lipinski definition) is 1. The molecule has 1 unspecified atom stereocenters. The van der Waals surface area contributed by atoms with Crippen molar-refractivity contribution in [3.63, 3.8) is 0 Å². The van der Waals surface area contributed by atoms with Crippen molar-refractivity contribution in [1.82, 2.24) is 4.98 Å². The second-order valence-corrected chi connectivity index (χ2v) is 6.19. The van der Waals surface area contributed by atoms with E-state index >= 15 is 0 Å². The quantitative estimate of drug-likeness (QED) is 0.943. The summed E-state index contributed by atoms with van der Waals surface area (Å²) < 4.78 is 0. The van der Waals surface area contributed by atoms with Gasteiger partial charge in [-0.15, -0.1) is 11.3 Å². The van der Waals surface area contributed by atoms with E-state index in [0.29, 0.717) is 0 Å². The Morgan fingerprint density at radius 2 is 2.05 bits per heavy atom. The van der Waals surface area contributed by atoms with Gasteiger partial charge < -0.3 is 15.5 Å². The first-order valence-corrected chi connectivity index (χ1v) is 7.78. The summed E-state index contributed by atoms with van der Waals surface area (Å²) in [5, 5.41) is 3.14. The highest BCUT2D eigenvalue weighted by Gasteiger charge is 2.20. The van der Waals surface area contributed by atoms with Crippen molar-refractivity contribution in [2.75, 3.05) is 29.9 Å². The number of rotatable bonds is 3. The van der Waals surface area contributed by atoms with Crippen molar-refractivity contribution in [3.05, 3.63) is 40.3 Å². The monoisotopic (exact) mass is 288 g/mol. The summed E-state index contributed by atoms with van der Waals surface area (Å²) in [4.78, 5) is 9.34. The van der Waals surface area contributed by atoms with Crippen LogP contribution in [0.4, 0.5) is 11.4 Å². The van der Waals surface area contributed by atoms with Crippen molar-refractivity contribution in [2.45, 2.75) is 19.5 Å². The molecule has 0 aliphatic carbocycles. The van der Waals surface area contributed by atoms with Gasteiger partial charge in [-0.05, 0) is 19.1 Å². The van der Waals surface area contributed by atoms with E-state index in [1.54, 1.807) is 11.3 Å². The van der Waals surface area contributed by atoms with Crippen LogP contribution in [-0.4, -0.2) is 25.1 Å². The Kier molecular flexibility index (Phi) is 3.63. The zero-order chi connectivity index (χ0) is 14.1. The van der Waals surface area contributed by atoms with Gasteiger partial charge in [-0.3, -0.25) is 0 Å². The average Bonchev–Trinajstić information content (AvgIpc) is 2.91. The highest BCUT2D eigenvalue weighted by atomic mass is 32.1. The third-order valence-electron chi connectivity index (χ3n) is 3.65. The number of para-hydroxylation sites is 2. The smallest absolute Gasteiger partial charge is 0.109 e. The predicted octanol–water partition coefficient (Wildman–Crippen LogP) is 2.62. The van der Waals surface area contributed by atoms with Gasteiger partial charge in [-0.1, -0.05) is 12.1 Å². The highest BCUT2D eigenvalue weighted by Crippen LogP contribution is 2.32. The lowest BCUT2D eigenvalue weighted by atomic mass is 10.1. The molecule has 5 heteroatoms. The molecule has 106 valence electrons. The molecule has 2 N–H and O–H groups in total. The number of aromatic nitrogens is 1. The Labute approximate surface area is 123 Å². The number of thiazole rings is 1. The first-order valence-electron chi connectivity index (χ1n) is 6.90. The molecular formula is C15H20N4S. The molecule has 2 heterocycles. The third-order valence-corrected chi connectivity index (χ3v) is 4.75. The van der Waals surface area contributed by atoms with E-state index in [0.717, 1.165) is 30.3 Å². The number of anilines is 2. The van der Waals surface area contributed by atoms with Gasteiger partial charge in [0.2, 0.25) is 0 Å². The summed E-state index contributed by atoms with van der Waals surface area (Å²) in [5.41, 5.74) is 9.58. The van der Waals surface area contributed by atoms with Crippen molar-refractivity contribution in [2.24, 2.45) is 5.73 Å². The summed E-state index contributed by atoms with van der Waals surface area (Å²) in [6.45, 7) is 4.90. The third kappa shape index (κ3) is 2.51. The number of benzene rings is 1. The van der Waals surface area contributed by atoms with Crippen molar-refractivity contribution < 1.29 is 0 Å². The SMILES string of the molecule is CC(N)c1nc(CN2CCN(C)c3ccccc32)cs1. The molecule has 0 bridgehead atoms. The number of nitrogens with zero attached hydrogens (tertiary/aromatic N) is 3. The van der Waals surface area contributed by atoms with Gasteiger partial charge in [0.15, 0.2) is 0 Å². The van der Waals surface area contributed by atoms with Gasteiger partial charge in [-0.25, -0.2) is 4.98 Å². The minimum atomic E-state index is 0.0218. The summed E-state index contributed by atoms with van der Waals surface area (Å²) in [6, 6.07) is 8.57. The van der Waals surface area contributed by atoms with Gasteiger partial charge in [0, 0.05) is 25.5 Å². The fourth-order valence-electron chi connectivity index (χ4n) is 2.53. The van der Waals surface area contributed by atoms with Gasteiger partial charge in [-0.2, -0.15) is 0 Å². The van der Waals surface area contributed by atoms with Crippen LogP contribution in [0.15, 0.2) is 29.6 Å². The maximum Gasteiger partial charge on any atom is 0.109 e. The predicted molar refractivity (Wildman–Crippen MR) is 85.5 cm³/mol. The van der Waals surface area contributed by atoms with E-state index < -0.39 is 0 Å². The summed E-state index contributed by atoms with van der Waals surface area (Å²) in [7, 11) is 2.15. The van der Waals surface area contributed by atoms with Crippen LogP contribution < -0.4 is 15.5 Å². The van der Waals surface area contributed by atoms with Gasteiger partial charge in [0.05, 0.1) is 29.7 Å². The minimum Gasteiger partial charge on any atom is -0.371 e. The maximum absolute atomic E-state index is 5.88. The van der Waals surface area contributed by atoms with E-state index in [-0.39, 0.29) is 6.04 Å². The molecule has 3 rings (SSSR count). The second-order valence-electron chi connectivity index (χ2n) is 5.30. The lowest BCUT2D eigenvalue weighted by Crippen LogP contribution is -2.38. The number of hydrogen-bond acceptors (Lipinski definition) is 5. The van der Waals surface area contributed by atoms with Gasteiger partial charge in [0.1, 0.15) is 5.01 Å². The molecule has 0 saturated heterocycles. The first-order chi connectivity index (χ1) is 9.65. The molecule has 1 aliphatic rings. The molecule has 0 saturated carbocycles. The van der Waals surface area contributed by atoms with Crippen LogP contribution in [0.3, 0.4) is 0 Å². The van der Waals surface area contributed by atoms with Crippen molar-refractivity contribution in [1.29, 1.82) is 0 Å². The molecule has 4 nitrogen and oxygen atoms in total. The van der Waals surface area contributed by atoms with Crippen LogP contribution in [0.1, 0.15) is 23.7 Å². The molecule has 1 aliphatic heterocycles. The normalized spacial score (nSPS) is 16.1. The van der Waals surface area contributed by atoms with Gasteiger partial charge in [0.25, 0.3) is 0 Å². The topological polar surface area (TPSA) is 45.4 Å². The van der Waals surface area contributed by atoms with Crippen LogP contribution >= 0.6 is 11.3 Å². The fraction of sp³-hybridized carbons (Fsp3) is 0.400. The number of likely N-dealkylation sites (N-methyl/N-ethyl adjacent to an activating group) is 1. The molecule has 0 fully saturated rings. The summed E-state index contributed by atoms with van der Waals surface area (Å²) in [5.74, 6) is 0. The van der Waals surface area contributed by atoms with Crippen LogP contribution in [0.5, 0.6) is 0 Å². The van der Waals surface area contributed by atoms with Crippen molar-refractivity contribution >= 4 is 22.7 Å². The molecule has 0 radical (unpaired) electrons. The van der Waals surface area contributed by atoms with Crippen molar-refractivity contribution in [3.8, 4) is 0 Å².